The highest BCUT2D eigenvalue weighted by molar-refractivity contribution is 5.96. The first-order chi connectivity index (χ1) is 13.9. The fourth-order valence-electron chi connectivity index (χ4n) is 3.44. The Hall–Kier alpha value is -3.35. The first kappa shape index (κ1) is 19.0. The Morgan fingerprint density at radius 1 is 1.00 bits per heavy atom. The molecule has 0 spiro atoms. The minimum atomic E-state index is -4.71. The number of rotatable bonds is 4. The highest BCUT2D eigenvalue weighted by atomic mass is 19.4. The number of halogens is 3. The maximum absolute atomic E-state index is 12.5. The Morgan fingerprint density at radius 3 is 2.45 bits per heavy atom. The van der Waals surface area contributed by atoms with Gasteiger partial charge in [-0.1, -0.05) is 24.3 Å². The molecule has 2 aromatic carbocycles. The molecule has 3 aromatic rings. The van der Waals surface area contributed by atoms with E-state index in [4.69, 9.17) is 0 Å². The van der Waals surface area contributed by atoms with Gasteiger partial charge in [0.2, 0.25) is 5.91 Å². The third-order valence-electron chi connectivity index (χ3n) is 4.76. The zero-order valence-electron chi connectivity index (χ0n) is 15.3. The Balaban J connectivity index is 1.59. The van der Waals surface area contributed by atoms with Crippen molar-refractivity contribution in [2.45, 2.75) is 25.7 Å². The van der Waals surface area contributed by atoms with Crippen LogP contribution in [-0.2, 0) is 17.8 Å². The predicted octanol–water partition coefficient (Wildman–Crippen LogP) is 5.13. The maximum Gasteiger partial charge on any atom is 0.573 e. The van der Waals surface area contributed by atoms with Crippen molar-refractivity contribution in [2.24, 2.45) is 0 Å². The number of carbonyl (C=O) groups excluding carboxylic acids is 1. The number of fused-ring (bicyclic) bond motifs is 1. The second-order valence-electron chi connectivity index (χ2n) is 6.76. The molecule has 1 amide bonds. The van der Waals surface area contributed by atoms with E-state index >= 15 is 0 Å². The van der Waals surface area contributed by atoms with Crippen LogP contribution in [0.1, 0.15) is 17.5 Å². The molecule has 7 heteroatoms. The SMILES string of the molecule is O=C1CCc2cc(-c3ccc(OC(F)(F)F)cc3)ccc2N1Cc1cccnc1. The normalized spacial score (nSPS) is 13.9. The lowest BCUT2D eigenvalue weighted by Crippen LogP contribution is -2.34. The molecule has 0 saturated carbocycles. The van der Waals surface area contributed by atoms with Crippen LogP contribution in [-0.4, -0.2) is 17.3 Å². The second-order valence-corrected chi connectivity index (χ2v) is 6.76. The molecule has 1 aliphatic rings. The number of alkyl halides is 3. The van der Waals surface area contributed by atoms with E-state index in [0.717, 1.165) is 27.9 Å². The third-order valence-corrected chi connectivity index (χ3v) is 4.76. The topological polar surface area (TPSA) is 42.4 Å². The van der Waals surface area contributed by atoms with Gasteiger partial charge in [-0.15, -0.1) is 13.2 Å². The second kappa shape index (κ2) is 7.58. The fraction of sp³-hybridized carbons (Fsp3) is 0.182. The molecule has 29 heavy (non-hydrogen) atoms. The van der Waals surface area contributed by atoms with Crippen molar-refractivity contribution >= 4 is 11.6 Å². The number of hydrogen-bond acceptors (Lipinski definition) is 3. The summed E-state index contributed by atoms with van der Waals surface area (Å²) in [5, 5.41) is 0. The molecule has 0 unspecified atom stereocenters. The lowest BCUT2D eigenvalue weighted by molar-refractivity contribution is -0.274. The molecule has 0 radical (unpaired) electrons. The van der Waals surface area contributed by atoms with Gasteiger partial charge in [0, 0.05) is 24.5 Å². The lowest BCUT2D eigenvalue weighted by Gasteiger charge is -2.30. The van der Waals surface area contributed by atoms with Crippen LogP contribution in [0.3, 0.4) is 0 Å². The maximum atomic E-state index is 12.5. The van der Waals surface area contributed by atoms with Gasteiger partial charge < -0.3 is 9.64 Å². The van der Waals surface area contributed by atoms with Gasteiger partial charge in [-0.3, -0.25) is 9.78 Å². The first-order valence-corrected chi connectivity index (χ1v) is 9.07. The molecule has 0 fully saturated rings. The highest BCUT2D eigenvalue weighted by Crippen LogP contribution is 2.34. The van der Waals surface area contributed by atoms with Crippen molar-refractivity contribution in [1.82, 2.24) is 4.98 Å². The smallest absolute Gasteiger partial charge is 0.406 e. The number of anilines is 1. The summed E-state index contributed by atoms with van der Waals surface area (Å²) in [7, 11) is 0. The van der Waals surface area contributed by atoms with Crippen molar-refractivity contribution in [3.05, 3.63) is 78.1 Å². The molecule has 0 bridgehead atoms. The van der Waals surface area contributed by atoms with Crippen LogP contribution in [0.15, 0.2) is 67.0 Å². The highest BCUT2D eigenvalue weighted by Gasteiger charge is 2.31. The van der Waals surface area contributed by atoms with E-state index in [-0.39, 0.29) is 11.7 Å². The number of aryl methyl sites for hydroxylation is 1. The minimum Gasteiger partial charge on any atom is -0.406 e. The van der Waals surface area contributed by atoms with E-state index in [1.165, 1.54) is 12.1 Å². The molecule has 0 N–H and O–H groups in total. The van der Waals surface area contributed by atoms with Crippen LogP contribution in [0.5, 0.6) is 5.75 Å². The van der Waals surface area contributed by atoms with Gasteiger partial charge in [0.25, 0.3) is 0 Å². The molecule has 148 valence electrons. The van der Waals surface area contributed by atoms with E-state index in [0.29, 0.717) is 19.4 Å². The number of carbonyl (C=O) groups is 1. The summed E-state index contributed by atoms with van der Waals surface area (Å²) in [5.41, 5.74) is 4.47. The van der Waals surface area contributed by atoms with Crippen LogP contribution in [0.4, 0.5) is 18.9 Å². The average molecular weight is 398 g/mol. The number of benzene rings is 2. The summed E-state index contributed by atoms with van der Waals surface area (Å²) >= 11 is 0. The Morgan fingerprint density at radius 2 is 1.76 bits per heavy atom. The van der Waals surface area contributed by atoms with Crippen LogP contribution >= 0.6 is 0 Å². The molecule has 1 aromatic heterocycles. The number of pyridine rings is 1. The van der Waals surface area contributed by atoms with E-state index in [1.54, 1.807) is 29.4 Å². The Labute approximate surface area is 165 Å². The fourth-order valence-corrected chi connectivity index (χ4v) is 3.44. The van der Waals surface area contributed by atoms with Gasteiger partial charge in [0.15, 0.2) is 0 Å². The lowest BCUT2D eigenvalue weighted by atomic mass is 9.95. The van der Waals surface area contributed by atoms with Crippen molar-refractivity contribution < 1.29 is 22.7 Å². The van der Waals surface area contributed by atoms with Crippen LogP contribution in [0.25, 0.3) is 11.1 Å². The Bertz CT molecular complexity index is 1020. The molecule has 0 atom stereocenters. The summed E-state index contributed by atoms with van der Waals surface area (Å²) in [6.07, 6.45) is -0.249. The van der Waals surface area contributed by atoms with E-state index in [2.05, 4.69) is 9.72 Å². The average Bonchev–Trinajstić information content (AvgIpc) is 2.70. The minimum absolute atomic E-state index is 0.0581. The number of amides is 1. The van der Waals surface area contributed by atoms with Crippen molar-refractivity contribution in [1.29, 1.82) is 0 Å². The first-order valence-electron chi connectivity index (χ1n) is 9.07. The van der Waals surface area contributed by atoms with Crippen LogP contribution in [0, 0.1) is 0 Å². The van der Waals surface area contributed by atoms with Gasteiger partial charge in [-0.2, -0.15) is 0 Å². The molecule has 0 aliphatic carbocycles. The van der Waals surface area contributed by atoms with E-state index in [9.17, 15) is 18.0 Å². The molecule has 4 nitrogen and oxygen atoms in total. The number of ether oxygens (including phenoxy) is 1. The number of aromatic nitrogens is 1. The molecule has 1 aliphatic heterocycles. The molecular weight excluding hydrogens is 381 g/mol. The van der Waals surface area contributed by atoms with Gasteiger partial charge in [-0.05, 0) is 59.0 Å². The molecule has 4 rings (SSSR count). The van der Waals surface area contributed by atoms with Gasteiger partial charge >= 0.3 is 6.36 Å². The number of hydrogen-bond donors (Lipinski definition) is 0. The zero-order chi connectivity index (χ0) is 20.4. The summed E-state index contributed by atoms with van der Waals surface area (Å²) in [6.45, 7) is 0.447. The third kappa shape index (κ3) is 4.39. The van der Waals surface area contributed by atoms with E-state index in [1.807, 2.05) is 30.3 Å². The van der Waals surface area contributed by atoms with Crippen LogP contribution < -0.4 is 9.64 Å². The van der Waals surface area contributed by atoms with Crippen molar-refractivity contribution in [2.75, 3.05) is 4.90 Å². The van der Waals surface area contributed by atoms with Gasteiger partial charge in [0.1, 0.15) is 5.75 Å². The molecular formula is C22H17F3N2O2. The zero-order valence-corrected chi connectivity index (χ0v) is 15.3. The quantitative estimate of drug-likeness (QED) is 0.612. The van der Waals surface area contributed by atoms with Crippen molar-refractivity contribution in [3.8, 4) is 16.9 Å². The monoisotopic (exact) mass is 398 g/mol. The summed E-state index contributed by atoms with van der Waals surface area (Å²) in [6, 6.07) is 15.3. The van der Waals surface area contributed by atoms with Gasteiger partial charge in [0.05, 0.1) is 6.54 Å². The summed E-state index contributed by atoms with van der Waals surface area (Å²) in [5.74, 6) is -0.199. The van der Waals surface area contributed by atoms with E-state index < -0.39 is 6.36 Å². The van der Waals surface area contributed by atoms with Crippen LogP contribution in [0.2, 0.25) is 0 Å². The van der Waals surface area contributed by atoms with Gasteiger partial charge in [-0.25, -0.2) is 0 Å². The van der Waals surface area contributed by atoms with Crippen molar-refractivity contribution in [3.63, 3.8) is 0 Å². The summed E-state index contributed by atoms with van der Waals surface area (Å²) < 4.78 is 40.9. The molecule has 2 heterocycles. The predicted molar refractivity (Wildman–Crippen MR) is 102 cm³/mol. The molecule has 0 saturated heterocycles. The summed E-state index contributed by atoms with van der Waals surface area (Å²) in [4.78, 5) is 18.3. The Kier molecular flexibility index (Phi) is 4.96. The standard InChI is InChI=1S/C22H17F3N2O2/c23-22(24,25)29-19-7-3-16(4-8-19)17-5-9-20-18(12-17)6-10-21(28)27(20)14-15-2-1-11-26-13-15/h1-5,7-9,11-13H,6,10,14H2. The number of nitrogens with zero attached hydrogens (tertiary/aromatic N) is 2. The largest absolute Gasteiger partial charge is 0.573 e.